The van der Waals surface area contributed by atoms with Gasteiger partial charge < -0.3 is 15.6 Å². The van der Waals surface area contributed by atoms with E-state index in [4.69, 9.17) is 0 Å². The molecule has 2 aromatic heterocycles. The van der Waals surface area contributed by atoms with E-state index in [2.05, 4.69) is 25.3 Å². The van der Waals surface area contributed by atoms with Crippen LogP contribution in [0.2, 0.25) is 0 Å². The number of rotatable bonds is 4. The predicted octanol–water partition coefficient (Wildman–Crippen LogP) is 2.12. The topological polar surface area (TPSA) is 116 Å². The molecule has 1 aromatic carbocycles. The van der Waals surface area contributed by atoms with Gasteiger partial charge in [-0.1, -0.05) is 0 Å². The number of H-pyrrole nitrogens is 1. The summed E-state index contributed by atoms with van der Waals surface area (Å²) in [5.41, 5.74) is 1.44. The zero-order chi connectivity index (χ0) is 17.2. The number of urea groups is 1. The van der Waals surface area contributed by atoms with Gasteiger partial charge in [0.2, 0.25) is 0 Å². The Balaban J connectivity index is 1.83. The van der Waals surface area contributed by atoms with Gasteiger partial charge in [0.05, 0.1) is 0 Å². The minimum absolute atomic E-state index is 0.123. The molecule has 0 saturated heterocycles. The van der Waals surface area contributed by atoms with E-state index >= 15 is 0 Å². The second-order valence-corrected chi connectivity index (χ2v) is 6.59. The van der Waals surface area contributed by atoms with Crippen LogP contribution in [0, 0.1) is 0 Å². The van der Waals surface area contributed by atoms with Crippen molar-refractivity contribution in [3.8, 4) is 0 Å². The van der Waals surface area contributed by atoms with Crippen molar-refractivity contribution in [2.75, 3.05) is 17.1 Å². The van der Waals surface area contributed by atoms with Crippen molar-refractivity contribution in [1.29, 1.82) is 0 Å². The smallest absolute Gasteiger partial charge is 0.318 e. The van der Waals surface area contributed by atoms with Crippen LogP contribution in [0.15, 0.2) is 53.7 Å². The monoisotopic (exact) mass is 345 g/mol. The van der Waals surface area contributed by atoms with Crippen molar-refractivity contribution in [3.05, 3.63) is 48.8 Å². The quantitative estimate of drug-likeness (QED) is 0.579. The van der Waals surface area contributed by atoms with Crippen molar-refractivity contribution in [3.63, 3.8) is 0 Å². The lowest BCUT2D eigenvalue weighted by Gasteiger charge is -2.09. The highest BCUT2D eigenvalue weighted by atomic mass is 32.2. The average Bonchev–Trinajstić information content (AvgIpc) is 3.01. The van der Waals surface area contributed by atoms with Crippen LogP contribution in [0.3, 0.4) is 0 Å². The molecule has 0 aliphatic rings. The molecule has 9 heteroatoms. The molecule has 2 amide bonds. The first kappa shape index (κ1) is 15.8. The number of benzene rings is 1. The van der Waals surface area contributed by atoms with Crippen molar-refractivity contribution in [2.45, 2.75) is 4.90 Å². The molecule has 8 nitrogen and oxygen atoms in total. The third kappa shape index (κ3) is 3.15. The number of hydrogen-bond acceptors (Lipinski definition) is 4. The second kappa shape index (κ2) is 6.20. The molecule has 4 N–H and O–H groups in total. The largest absolute Gasteiger partial charge is 0.345 e. The third-order valence-corrected chi connectivity index (χ3v) is 4.75. The van der Waals surface area contributed by atoms with Gasteiger partial charge in [0, 0.05) is 36.2 Å². The van der Waals surface area contributed by atoms with Crippen molar-refractivity contribution >= 4 is 38.5 Å². The minimum atomic E-state index is -3.76. The van der Waals surface area contributed by atoms with E-state index < -0.39 is 10.0 Å². The number of aromatic nitrogens is 2. The fourth-order valence-corrected chi connectivity index (χ4v) is 3.40. The molecule has 0 radical (unpaired) electrons. The first-order chi connectivity index (χ1) is 11.5. The minimum Gasteiger partial charge on any atom is -0.345 e. The normalized spacial score (nSPS) is 11.2. The van der Waals surface area contributed by atoms with E-state index in [-0.39, 0.29) is 10.9 Å². The van der Waals surface area contributed by atoms with E-state index in [1.807, 2.05) is 0 Å². The second-order valence-electron chi connectivity index (χ2n) is 4.94. The number of anilines is 2. The summed E-state index contributed by atoms with van der Waals surface area (Å²) in [4.78, 5) is 18.3. The highest BCUT2D eigenvalue weighted by Gasteiger charge is 2.19. The maximum absolute atomic E-state index is 12.5. The highest BCUT2D eigenvalue weighted by molar-refractivity contribution is 7.93. The van der Waals surface area contributed by atoms with E-state index in [0.717, 1.165) is 0 Å². The van der Waals surface area contributed by atoms with Crippen LogP contribution in [-0.2, 0) is 10.0 Å². The van der Waals surface area contributed by atoms with Crippen molar-refractivity contribution in [2.24, 2.45) is 0 Å². The summed E-state index contributed by atoms with van der Waals surface area (Å²) in [5, 5.41) is 5.54. The lowest BCUT2D eigenvalue weighted by Crippen LogP contribution is -2.24. The summed E-state index contributed by atoms with van der Waals surface area (Å²) in [6.07, 6.45) is 2.99. The molecular formula is C15H15N5O3S. The van der Waals surface area contributed by atoms with Gasteiger partial charge in [-0.15, -0.1) is 0 Å². The Bertz CT molecular complexity index is 980. The number of pyridine rings is 1. The molecule has 24 heavy (non-hydrogen) atoms. The van der Waals surface area contributed by atoms with Gasteiger partial charge in [0.1, 0.15) is 10.5 Å². The van der Waals surface area contributed by atoms with E-state index in [0.29, 0.717) is 22.4 Å². The van der Waals surface area contributed by atoms with Gasteiger partial charge in [-0.25, -0.2) is 18.2 Å². The zero-order valence-electron chi connectivity index (χ0n) is 12.7. The Morgan fingerprint density at radius 2 is 1.83 bits per heavy atom. The number of amides is 2. The molecule has 3 aromatic rings. The third-order valence-electron chi connectivity index (χ3n) is 3.32. The SMILES string of the molecule is CNC(=O)Nc1ccc(NS(=O)(=O)c2c[nH]c3ncccc23)cc1. The molecule has 0 fully saturated rings. The van der Waals surface area contributed by atoms with Crippen molar-refractivity contribution in [1.82, 2.24) is 15.3 Å². The summed E-state index contributed by atoms with van der Waals surface area (Å²) < 4.78 is 27.6. The molecule has 0 bridgehead atoms. The number of nitrogens with zero attached hydrogens (tertiary/aromatic N) is 1. The molecule has 2 heterocycles. The van der Waals surface area contributed by atoms with Crippen LogP contribution in [0.4, 0.5) is 16.2 Å². The number of nitrogens with one attached hydrogen (secondary N) is 4. The van der Waals surface area contributed by atoms with Crippen LogP contribution >= 0.6 is 0 Å². The lowest BCUT2D eigenvalue weighted by atomic mass is 10.3. The van der Waals surface area contributed by atoms with Gasteiger partial charge in [0.25, 0.3) is 10.0 Å². The number of hydrogen-bond donors (Lipinski definition) is 4. The van der Waals surface area contributed by atoms with Gasteiger partial charge in [0.15, 0.2) is 0 Å². The number of fused-ring (bicyclic) bond motifs is 1. The summed E-state index contributed by atoms with van der Waals surface area (Å²) in [6, 6.07) is 9.34. The van der Waals surface area contributed by atoms with Crippen LogP contribution in [0.25, 0.3) is 11.0 Å². The number of sulfonamides is 1. The van der Waals surface area contributed by atoms with Crippen molar-refractivity contribution < 1.29 is 13.2 Å². The molecule has 0 atom stereocenters. The Morgan fingerprint density at radius 3 is 2.54 bits per heavy atom. The molecule has 3 rings (SSSR count). The highest BCUT2D eigenvalue weighted by Crippen LogP contribution is 2.24. The van der Waals surface area contributed by atoms with Crippen LogP contribution in [-0.4, -0.2) is 31.5 Å². The van der Waals surface area contributed by atoms with Crippen LogP contribution in [0.5, 0.6) is 0 Å². The lowest BCUT2D eigenvalue weighted by molar-refractivity contribution is 0.254. The summed E-state index contributed by atoms with van der Waals surface area (Å²) >= 11 is 0. The summed E-state index contributed by atoms with van der Waals surface area (Å²) in [6.45, 7) is 0. The number of carbonyl (C=O) groups excluding carboxylic acids is 1. The van der Waals surface area contributed by atoms with Gasteiger partial charge in [-0.3, -0.25) is 4.72 Å². The number of aromatic amines is 1. The molecule has 0 aliphatic carbocycles. The Kier molecular flexibility index (Phi) is 4.09. The van der Waals surface area contributed by atoms with E-state index in [9.17, 15) is 13.2 Å². The van der Waals surface area contributed by atoms with E-state index in [1.54, 1.807) is 42.6 Å². The first-order valence-corrected chi connectivity index (χ1v) is 8.51. The zero-order valence-corrected chi connectivity index (χ0v) is 13.5. The summed E-state index contributed by atoms with van der Waals surface area (Å²) in [7, 11) is -2.25. The van der Waals surface area contributed by atoms with Gasteiger partial charge in [-0.2, -0.15) is 0 Å². The molecule has 124 valence electrons. The molecule has 0 spiro atoms. The van der Waals surface area contributed by atoms with Crippen LogP contribution < -0.4 is 15.4 Å². The standard InChI is InChI=1S/C15H15N5O3S/c1-16-15(21)19-10-4-6-11(7-5-10)20-24(22,23)13-9-18-14-12(13)3-2-8-17-14/h2-9,20H,1H3,(H,17,18)(H2,16,19,21). The van der Waals surface area contributed by atoms with E-state index in [1.165, 1.54) is 13.2 Å². The summed E-state index contributed by atoms with van der Waals surface area (Å²) in [5.74, 6) is 0. The average molecular weight is 345 g/mol. The fourth-order valence-electron chi connectivity index (χ4n) is 2.18. The Hall–Kier alpha value is -3.07. The molecule has 0 unspecified atom stereocenters. The maximum atomic E-state index is 12.5. The van der Waals surface area contributed by atoms with Crippen LogP contribution in [0.1, 0.15) is 0 Å². The Labute approximate surface area is 138 Å². The fraction of sp³-hybridized carbons (Fsp3) is 0.0667. The van der Waals surface area contributed by atoms with Gasteiger partial charge in [-0.05, 0) is 36.4 Å². The molecule has 0 aliphatic heterocycles. The Morgan fingerprint density at radius 1 is 1.12 bits per heavy atom. The molecule has 0 saturated carbocycles. The number of carbonyl (C=O) groups is 1. The maximum Gasteiger partial charge on any atom is 0.318 e. The predicted molar refractivity (Wildman–Crippen MR) is 91.4 cm³/mol. The first-order valence-electron chi connectivity index (χ1n) is 7.03. The van der Waals surface area contributed by atoms with Gasteiger partial charge >= 0.3 is 6.03 Å². The molecular weight excluding hydrogens is 330 g/mol.